The summed E-state index contributed by atoms with van der Waals surface area (Å²) in [6.07, 6.45) is 6.84. The third-order valence-electron chi connectivity index (χ3n) is 4.88. The summed E-state index contributed by atoms with van der Waals surface area (Å²) in [4.78, 5) is 2.63. The van der Waals surface area contributed by atoms with E-state index < -0.39 is 0 Å². The number of piperidine rings is 2. The maximum absolute atomic E-state index is 3.77. The van der Waals surface area contributed by atoms with Crippen LogP contribution in [0, 0.1) is 0 Å². The fourth-order valence-electron chi connectivity index (χ4n) is 3.68. The molecule has 1 aromatic carbocycles. The van der Waals surface area contributed by atoms with Gasteiger partial charge >= 0.3 is 0 Å². The second-order valence-corrected chi connectivity index (χ2v) is 6.90. The van der Waals surface area contributed by atoms with Crippen LogP contribution in [0.3, 0.4) is 0 Å². The molecule has 0 amide bonds. The Morgan fingerprint density at radius 1 is 1.21 bits per heavy atom. The van der Waals surface area contributed by atoms with Crippen molar-refractivity contribution in [3.8, 4) is 0 Å². The minimum atomic E-state index is 0.693. The zero-order valence-electron chi connectivity index (χ0n) is 11.6. The number of halogens is 1. The Balaban J connectivity index is 1.58. The average molecular weight is 323 g/mol. The van der Waals surface area contributed by atoms with Crippen LogP contribution < -0.4 is 5.32 Å². The maximum Gasteiger partial charge on any atom is 0.0220 e. The zero-order chi connectivity index (χ0) is 13.2. The first-order chi connectivity index (χ1) is 9.24. The number of nitrogens with one attached hydrogen (secondary N) is 1. The fraction of sp³-hybridized carbons (Fsp3) is 0.625. The van der Waals surface area contributed by atoms with E-state index in [9.17, 15) is 0 Å². The summed E-state index contributed by atoms with van der Waals surface area (Å²) in [5.41, 5.74) is 1.37. The molecule has 2 heterocycles. The lowest BCUT2D eigenvalue weighted by atomic mass is 9.82. The molecule has 2 atom stereocenters. The fourth-order valence-corrected chi connectivity index (χ4v) is 4.10. The lowest BCUT2D eigenvalue weighted by Gasteiger charge is -2.47. The van der Waals surface area contributed by atoms with Gasteiger partial charge in [-0.15, -0.1) is 0 Å². The SMILES string of the molecule is CN1C2CCCC1CC(NCc1ccccc1Br)C2. The molecule has 2 fully saturated rings. The predicted molar refractivity (Wildman–Crippen MR) is 83.2 cm³/mol. The molecule has 19 heavy (non-hydrogen) atoms. The van der Waals surface area contributed by atoms with Gasteiger partial charge in [-0.05, 0) is 44.4 Å². The van der Waals surface area contributed by atoms with Gasteiger partial charge < -0.3 is 10.2 Å². The molecule has 104 valence electrons. The second kappa shape index (κ2) is 5.94. The molecule has 2 aliphatic rings. The van der Waals surface area contributed by atoms with E-state index >= 15 is 0 Å². The first-order valence-electron chi connectivity index (χ1n) is 7.43. The van der Waals surface area contributed by atoms with Crippen LogP contribution in [0.5, 0.6) is 0 Å². The van der Waals surface area contributed by atoms with Crippen LogP contribution in [-0.4, -0.2) is 30.1 Å². The molecule has 0 aliphatic carbocycles. The van der Waals surface area contributed by atoms with E-state index in [0.717, 1.165) is 18.6 Å². The van der Waals surface area contributed by atoms with Crippen LogP contribution in [0.1, 0.15) is 37.7 Å². The summed E-state index contributed by atoms with van der Waals surface area (Å²) >= 11 is 3.63. The Morgan fingerprint density at radius 2 is 1.89 bits per heavy atom. The van der Waals surface area contributed by atoms with Crippen molar-refractivity contribution in [3.05, 3.63) is 34.3 Å². The van der Waals surface area contributed by atoms with Crippen LogP contribution in [-0.2, 0) is 6.54 Å². The normalized spacial score (nSPS) is 31.4. The van der Waals surface area contributed by atoms with Gasteiger partial charge in [0.1, 0.15) is 0 Å². The van der Waals surface area contributed by atoms with Crippen LogP contribution in [0.4, 0.5) is 0 Å². The molecule has 0 radical (unpaired) electrons. The van der Waals surface area contributed by atoms with E-state index in [1.165, 1.54) is 42.1 Å². The van der Waals surface area contributed by atoms with E-state index in [0.29, 0.717) is 6.04 Å². The Bertz CT molecular complexity index is 421. The van der Waals surface area contributed by atoms with E-state index in [-0.39, 0.29) is 0 Å². The highest BCUT2D eigenvalue weighted by Crippen LogP contribution is 2.32. The molecule has 1 aromatic rings. The van der Waals surface area contributed by atoms with E-state index in [1.807, 2.05) is 0 Å². The summed E-state index contributed by atoms with van der Waals surface area (Å²) in [6.45, 7) is 0.981. The smallest absolute Gasteiger partial charge is 0.0220 e. The van der Waals surface area contributed by atoms with Gasteiger partial charge in [-0.3, -0.25) is 0 Å². The molecule has 1 N–H and O–H groups in total. The lowest BCUT2D eigenvalue weighted by Crippen LogP contribution is -2.54. The number of hydrogen-bond acceptors (Lipinski definition) is 2. The minimum Gasteiger partial charge on any atom is -0.310 e. The van der Waals surface area contributed by atoms with Crippen LogP contribution in [0.25, 0.3) is 0 Å². The quantitative estimate of drug-likeness (QED) is 0.915. The van der Waals surface area contributed by atoms with E-state index in [1.54, 1.807) is 0 Å². The van der Waals surface area contributed by atoms with Crippen molar-refractivity contribution in [2.24, 2.45) is 0 Å². The third-order valence-corrected chi connectivity index (χ3v) is 5.65. The van der Waals surface area contributed by atoms with Crippen molar-refractivity contribution in [1.82, 2.24) is 10.2 Å². The highest BCUT2D eigenvalue weighted by Gasteiger charge is 2.35. The Kier molecular flexibility index (Phi) is 4.25. The van der Waals surface area contributed by atoms with Gasteiger partial charge in [-0.25, -0.2) is 0 Å². The van der Waals surface area contributed by atoms with Crippen molar-refractivity contribution < 1.29 is 0 Å². The zero-order valence-corrected chi connectivity index (χ0v) is 13.2. The molecule has 2 bridgehead atoms. The van der Waals surface area contributed by atoms with Crippen molar-refractivity contribution >= 4 is 15.9 Å². The number of fused-ring (bicyclic) bond motifs is 2. The molecule has 3 rings (SSSR count). The molecule has 0 saturated carbocycles. The summed E-state index contributed by atoms with van der Waals surface area (Å²) in [5, 5.41) is 3.77. The van der Waals surface area contributed by atoms with Crippen molar-refractivity contribution in [1.29, 1.82) is 0 Å². The van der Waals surface area contributed by atoms with Gasteiger partial charge in [0, 0.05) is 29.1 Å². The molecular formula is C16H23BrN2. The van der Waals surface area contributed by atoms with Gasteiger partial charge in [-0.1, -0.05) is 40.5 Å². The first-order valence-corrected chi connectivity index (χ1v) is 8.22. The second-order valence-electron chi connectivity index (χ2n) is 6.04. The summed E-state index contributed by atoms with van der Waals surface area (Å²) in [6, 6.07) is 10.8. The molecule has 2 saturated heterocycles. The van der Waals surface area contributed by atoms with E-state index in [4.69, 9.17) is 0 Å². The van der Waals surface area contributed by atoms with Crippen molar-refractivity contribution in [3.63, 3.8) is 0 Å². The minimum absolute atomic E-state index is 0.693. The van der Waals surface area contributed by atoms with Gasteiger partial charge in [0.05, 0.1) is 0 Å². The summed E-state index contributed by atoms with van der Waals surface area (Å²) < 4.78 is 1.22. The molecule has 2 aliphatic heterocycles. The molecule has 0 aromatic heterocycles. The predicted octanol–water partition coefficient (Wildman–Crippen LogP) is 3.55. The van der Waals surface area contributed by atoms with Gasteiger partial charge in [-0.2, -0.15) is 0 Å². The lowest BCUT2D eigenvalue weighted by molar-refractivity contribution is 0.0482. The average Bonchev–Trinajstić information content (AvgIpc) is 2.38. The largest absolute Gasteiger partial charge is 0.310 e. The van der Waals surface area contributed by atoms with Crippen molar-refractivity contribution in [2.45, 2.75) is 56.8 Å². The standard InChI is InChI=1S/C16H23BrN2/c1-19-14-6-4-7-15(19)10-13(9-14)18-11-12-5-2-3-8-16(12)17/h2-3,5,8,13-15,18H,4,6-7,9-11H2,1H3. The number of rotatable bonds is 3. The Hall–Kier alpha value is -0.380. The number of nitrogens with zero attached hydrogens (tertiary/aromatic N) is 1. The molecule has 2 nitrogen and oxygen atoms in total. The third kappa shape index (κ3) is 3.04. The Labute approximate surface area is 124 Å². The summed E-state index contributed by atoms with van der Waals surface area (Å²) in [5.74, 6) is 0. The van der Waals surface area contributed by atoms with Crippen LogP contribution in [0.15, 0.2) is 28.7 Å². The molecule has 0 spiro atoms. The number of hydrogen-bond donors (Lipinski definition) is 1. The first kappa shape index (κ1) is 13.6. The molecular weight excluding hydrogens is 300 g/mol. The summed E-state index contributed by atoms with van der Waals surface area (Å²) in [7, 11) is 2.32. The number of benzene rings is 1. The molecule has 2 unspecified atom stereocenters. The monoisotopic (exact) mass is 322 g/mol. The van der Waals surface area contributed by atoms with Crippen LogP contribution >= 0.6 is 15.9 Å². The highest BCUT2D eigenvalue weighted by atomic mass is 79.9. The van der Waals surface area contributed by atoms with Crippen LogP contribution in [0.2, 0.25) is 0 Å². The van der Waals surface area contributed by atoms with Gasteiger partial charge in [0.2, 0.25) is 0 Å². The highest BCUT2D eigenvalue weighted by molar-refractivity contribution is 9.10. The van der Waals surface area contributed by atoms with E-state index in [2.05, 4.69) is 57.5 Å². The van der Waals surface area contributed by atoms with Gasteiger partial charge in [0.15, 0.2) is 0 Å². The maximum atomic E-state index is 3.77. The van der Waals surface area contributed by atoms with Gasteiger partial charge in [0.25, 0.3) is 0 Å². The topological polar surface area (TPSA) is 15.3 Å². The molecule has 3 heteroatoms. The van der Waals surface area contributed by atoms with Crippen molar-refractivity contribution in [2.75, 3.05) is 7.05 Å². The Morgan fingerprint density at radius 3 is 2.58 bits per heavy atom.